The number of rotatable bonds is 4. The second-order valence-corrected chi connectivity index (χ2v) is 3.87. The van der Waals surface area contributed by atoms with E-state index in [1.165, 1.54) is 0 Å². The Bertz CT molecular complexity index is 349. The highest BCUT2D eigenvalue weighted by Gasteiger charge is 2.14. The number of hydrogen-bond donors (Lipinski definition) is 2. The van der Waals surface area contributed by atoms with Gasteiger partial charge in [0.05, 0.1) is 31.3 Å². The van der Waals surface area contributed by atoms with Crippen LogP contribution in [-0.2, 0) is 0 Å². The molecule has 1 aromatic carbocycles. The van der Waals surface area contributed by atoms with Crippen molar-refractivity contribution in [3.8, 4) is 11.5 Å². The van der Waals surface area contributed by atoms with Crippen molar-refractivity contribution in [2.75, 3.05) is 20.8 Å². The van der Waals surface area contributed by atoms with Gasteiger partial charge in [-0.2, -0.15) is 0 Å². The molecule has 0 aliphatic carbocycles. The Hall–Kier alpha value is -0.490. The van der Waals surface area contributed by atoms with Crippen LogP contribution in [-0.4, -0.2) is 25.9 Å². The van der Waals surface area contributed by atoms with Crippen LogP contribution in [0.5, 0.6) is 11.5 Å². The van der Waals surface area contributed by atoms with Crippen LogP contribution in [0.4, 0.5) is 0 Å². The molecule has 0 heterocycles. The van der Waals surface area contributed by atoms with Gasteiger partial charge in [-0.3, -0.25) is 0 Å². The van der Waals surface area contributed by atoms with E-state index in [1.54, 1.807) is 26.4 Å². The first-order valence-electron chi connectivity index (χ1n) is 4.41. The average Bonchev–Trinajstić information content (AvgIpc) is 2.27. The Morgan fingerprint density at radius 2 is 1.88 bits per heavy atom. The van der Waals surface area contributed by atoms with Crippen molar-refractivity contribution in [2.45, 2.75) is 6.04 Å². The second-order valence-electron chi connectivity index (χ2n) is 3.02. The van der Waals surface area contributed by atoms with Crippen molar-refractivity contribution in [1.29, 1.82) is 0 Å². The lowest BCUT2D eigenvalue weighted by Gasteiger charge is -2.15. The predicted molar refractivity (Wildman–Crippen MR) is 68.5 cm³/mol. The van der Waals surface area contributed by atoms with Crippen molar-refractivity contribution in [3.05, 3.63) is 22.2 Å². The molecule has 1 rings (SSSR count). The van der Waals surface area contributed by atoms with Gasteiger partial charge in [-0.1, -0.05) is 0 Å². The monoisotopic (exact) mass is 311 g/mol. The van der Waals surface area contributed by atoms with Gasteiger partial charge in [0.25, 0.3) is 0 Å². The third kappa shape index (κ3) is 3.25. The highest BCUT2D eigenvalue weighted by Crippen LogP contribution is 2.34. The maximum Gasteiger partial charge on any atom is 0.133 e. The Morgan fingerprint density at radius 1 is 1.31 bits per heavy atom. The van der Waals surface area contributed by atoms with Crippen LogP contribution < -0.4 is 15.2 Å². The summed E-state index contributed by atoms with van der Waals surface area (Å²) >= 11 is 3.34. The van der Waals surface area contributed by atoms with Gasteiger partial charge in [0.15, 0.2) is 0 Å². The Kier molecular flexibility index (Phi) is 6.74. The number of methoxy groups -OCH3 is 2. The molecule has 0 aromatic heterocycles. The SMILES string of the molecule is COc1cc([C@H](N)CO)c(OC)cc1Br.Cl. The van der Waals surface area contributed by atoms with E-state index >= 15 is 0 Å². The highest BCUT2D eigenvalue weighted by atomic mass is 79.9. The zero-order chi connectivity index (χ0) is 11.4. The van der Waals surface area contributed by atoms with Gasteiger partial charge in [0.2, 0.25) is 0 Å². The van der Waals surface area contributed by atoms with Crippen molar-refractivity contribution in [1.82, 2.24) is 0 Å². The number of ether oxygens (including phenoxy) is 2. The van der Waals surface area contributed by atoms with Gasteiger partial charge in [-0.05, 0) is 28.1 Å². The van der Waals surface area contributed by atoms with Crippen molar-refractivity contribution in [3.63, 3.8) is 0 Å². The fraction of sp³-hybridized carbons (Fsp3) is 0.400. The zero-order valence-corrected chi connectivity index (χ0v) is 11.5. The number of nitrogens with two attached hydrogens (primary N) is 1. The van der Waals surface area contributed by atoms with E-state index in [2.05, 4.69) is 15.9 Å². The summed E-state index contributed by atoms with van der Waals surface area (Å²) in [5.41, 5.74) is 6.47. The molecule has 0 unspecified atom stereocenters. The molecule has 0 saturated carbocycles. The third-order valence-electron chi connectivity index (χ3n) is 2.10. The number of halogens is 2. The van der Waals surface area contributed by atoms with Crippen molar-refractivity contribution >= 4 is 28.3 Å². The molecule has 92 valence electrons. The van der Waals surface area contributed by atoms with Crippen LogP contribution >= 0.6 is 28.3 Å². The van der Waals surface area contributed by atoms with Crippen LogP contribution in [0, 0.1) is 0 Å². The minimum atomic E-state index is -0.470. The quantitative estimate of drug-likeness (QED) is 0.891. The van der Waals surface area contributed by atoms with E-state index < -0.39 is 6.04 Å². The first-order valence-corrected chi connectivity index (χ1v) is 5.21. The maximum atomic E-state index is 9.01. The van der Waals surface area contributed by atoms with Gasteiger partial charge >= 0.3 is 0 Å². The Balaban J connectivity index is 0.00000225. The molecular formula is C10H15BrClNO3. The standard InChI is InChI=1S/C10H14BrNO3.ClH/c1-14-9-4-7(11)10(15-2)3-6(9)8(12)5-13;/h3-4,8,13H,5,12H2,1-2H3;1H/t8-;/m1./s1. The summed E-state index contributed by atoms with van der Waals surface area (Å²) in [6.07, 6.45) is 0. The lowest BCUT2D eigenvalue weighted by molar-refractivity contribution is 0.264. The third-order valence-corrected chi connectivity index (χ3v) is 2.72. The second kappa shape index (κ2) is 6.96. The molecule has 1 aromatic rings. The summed E-state index contributed by atoms with van der Waals surface area (Å²) in [4.78, 5) is 0. The van der Waals surface area contributed by atoms with E-state index in [1.807, 2.05) is 0 Å². The summed E-state index contributed by atoms with van der Waals surface area (Å²) in [6.45, 7) is -0.138. The summed E-state index contributed by atoms with van der Waals surface area (Å²) in [7, 11) is 3.13. The normalized spacial score (nSPS) is 11.6. The Labute approximate surface area is 109 Å². The van der Waals surface area contributed by atoms with Crippen LogP contribution in [0.25, 0.3) is 0 Å². The van der Waals surface area contributed by atoms with Gasteiger partial charge in [-0.15, -0.1) is 12.4 Å². The molecule has 16 heavy (non-hydrogen) atoms. The van der Waals surface area contributed by atoms with Crippen molar-refractivity contribution in [2.24, 2.45) is 5.73 Å². The lowest BCUT2D eigenvalue weighted by atomic mass is 10.1. The highest BCUT2D eigenvalue weighted by molar-refractivity contribution is 9.10. The van der Waals surface area contributed by atoms with Crippen LogP contribution in [0.2, 0.25) is 0 Å². The topological polar surface area (TPSA) is 64.7 Å². The molecule has 0 saturated heterocycles. The van der Waals surface area contributed by atoms with Gasteiger partial charge in [0, 0.05) is 5.56 Å². The van der Waals surface area contributed by atoms with Crippen LogP contribution in [0.3, 0.4) is 0 Å². The van der Waals surface area contributed by atoms with E-state index in [9.17, 15) is 0 Å². The first-order chi connectivity index (χ1) is 7.13. The summed E-state index contributed by atoms with van der Waals surface area (Å²) in [5.74, 6) is 1.29. The van der Waals surface area contributed by atoms with Gasteiger partial charge < -0.3 is 20.3 Å². The number of benzene rings is 1. The average molecular weight is 313 g/mol. The predicted octanol–water partition coefficient (Wildman–Crippen LogP) is 1.88. The minimum Gasteiger partial charge on any atom is -0.496 e. The molecule has 0 aliphatic heterocycles. The van der Waals surface area contributed by atoms with Crippen molar-refractivity contribution < 1.29 is 14.6 Å². The zero-order valence-electron chi connectivity index (χ0n) is 9.07. The van der Waals surface area contributed by atoms with E-state index in [-0.39, 0.29) is 19.0 Å². The molecule has 4 nitrogen and oxygen atoms in total. The fourth-order valence-electron chi connectivity index (χ4n) is 1.27. The molecule has 0 amide bonds. The molecular weight excluding hydrogens is 297 g/mol. The van der Waals surface area contributed by atoms with Crippen LogP contribution in [0.15, 0.2) is 16.6 Å². The largest absolute Gasteiger partial charge is 0.496 e. The molecule has 0 spiro atoms. The lowest BCUT2D eigenvalue weighted by Crippen LogP contribution is -2.15. The number of hydrogen-bond acceptors (Lipinski definition) is 4. The fourth-order valence-corrected chi connectivity index (χ4v) is 1.76. The molecule has 0 aliphatic rings. The van der Waals surface area contributed by atoms with Gasteiger partial charge in [0.1, 0.15) is 11.5 Å². The Morgan fingerprint density at radius 3 is 2.31 bits per heavy atom. The van der Waals surface area contributed by atoms with E-state index in [0.29, 0.717) is 11.5 Å². The summed E-state index contributed by atoms with van der Waals surface area (Å²) in [6, 6.07) is 3.05. The maximum absolute atomic E-state index is 9.01. The van der Waals surface area contributed by atoms with Crippen LogP contribution in [0.1, 0.15) is 11.6 Å². The number of aliphatic hydroxyl groups excluding tert-OH is 1. The number of aliphatic hydroxyl groups is 1. The molecule has 0 fully saturated rings. The van der Waals surface area contributed by atoms with E-state index in [4.69, 9.17) is 20.3 Å². The van der Waals surface area contributed by atoms with Gasteiger partial charge in [-0.25, -0.2) is 0 Å². The van der Waals surface area contributed by atoms with E-state index in [0.717, 1.165) is 10.0 Å². The molecule has 6 heteroatoms. The molecule has 0 bridgehead atoms. The minimum absolute atomic E-state index is 0. The molecule has 0 radical (unpaired) electrons. The molecule has 3 N–H and O–H groups in total. The summed E-state index contributed by atoms with van der Waals surface area (Å²) < 4.78 is 11.1. The first kappa shape index (κ1) is 15.5. The smallest absolute Gasteiger partial charge is 0.133 e. The molecule has 1 atom stereocenters. The summed E-state index contributed by atoms with van der Waals surface area (Å²) in [5, 5.41) is 9.01.